The highest BCUT2D eigenvalue weighted by molar-refractivity contribution is 5.91. The van der Waals surface area contributed by atoms with E-state index in [-0.39, 0.29) is 29.5 Å². The van der Waals surface area contributed by atoms with Gasteiger partial charge in [0, 0.05) is 13.8 Å². The maximum absolute atomic E-state index is 14.2. The van der Waals surface area contributed by atoms with Crippen molar-refractivity contribution in [3.8, 4) is 0 Å². The lowest BCUT2D eigenvalue weighted by atomic mass is 9.46. The van der Waals surface area contributed by atoms with Gasteiger partial charge in [-0.15, -0.1) is 0 Å². The fourth-order valence-electron chi connectivity index (χ4n) is 8.58. The van der Waals surface area contributed by atoms with E-state index in [4.69, 9.17) is 28.4 Å². The Morgan fingerprint density at radius 2 is 1.15 bits per heavy atom. The SMILES string of the molecule is CC(=O)OC[C@@]12[C@@H](OC(=O)c3ccccc3)CC[C@](C)(O)[C@]13OC(C)(C)[C@H]([C@H](OC(=O)c1ccccc1)[C@H]2OC(=O)c1ccccc1)[C@H]3OC(C)=O. The second-order valence-corrected chi connectivity index (χ2v) is 14.3. The van der Waals surface area contributed by atoms with E-state index in [1.807, 2.05) is 0 Å². The average molecular weight is 715 g/mol. The Morgan fingerprint density at radius 3 is 1.63 bits per heavy atom. The summed E-state index contributed by atoms with van der Waals surface area (Å²) < 4.78 is 37.9. The highest BCUT2D eigenvalue weighted by atomic mass is 16.6. The van der Waals surface area contributed by atoms with Gasteiger partial charge in [0.05, 0.1) is 33.8 Å². The molecule has 3 aromatic carbocycles. The third kappa shape index (κ3) is 6.13. The number of rotatable bonds is 9. The molecule has 2 bridgehead atoms. The van der Waals surface area contributed by atoms with Crippen LogP contribution in [0.2, 0.25) is 0 Å². The molecule has 12 nitrogen and oxygen atoms in total. The van der Waals surface area contributed by atoms with Crippen LogP contribution in [0.15, 0.2) is 91.0 Å². The maximum atomic E-state index is 14.2. The van der Waals surface area contributed by atoms with Crippen molar-refractivity contribution >= 4 is 29.8 Å². The first-order chi connectivity index (χ1) is 24.6. The van der Waals surface area contributed by atoms with Crippen molar-refractivity contribution < 1.29 is 57.5 Å². The van der Waals surface area contributed by atoms with Gasteiger partial charge in [-0.3, -0.25) is 9.59 Å². The van der Waals surface area contributed by atoms with Crippen molar-refractivity contribution in [2.75, 3.05) is 6.61 Å². The summed E-state index contributed by atoms with van der Waals surface area (Å²) in [5, 5.41) is 12.6. The lowest BCUT2D eigenvalue weighted by Crippen LogP contribution is -2.83. The van der Waals surface area contributed by atoms with E-state index >= 15 is 0 Å². The van der Waals surface area contributed by atoms with Crippen molar-refractivity contribution in [1.29, 1.82) is 0 Å². The molecule has 1 spiro atoms. The Kier molecular flexibility index (Phi) is 9.75. The zero-order chi connectivity index (χ0) is 37.5. The smallest absolute Gasteiger partial charge is 0.338 e. The molecular weight excluding hydrogens is 672 g/mol. The van der Waals surface area contributed by atoms with E-state index in [0.717, 1.165) is 0 Å². The van der Waals surface area contributed by atoms with Crippen molar-refractivity contribution in [2.24, 2.45) is 11.3 Å². The van der Waals surface area contributed by atoms with Gasteiger partial charge in [0.2, 0.25) is 0 Å². The van der Waals surface area contributed by atoms with E-state index in [9.17, 15) is 29.1 Å². The first-order valence-corrected chi connectivity index (χ1v) is 17.2. The Morgan fingerprint density at radius 1 is 0.673 bits per heavy atom. The number of carbonyl (C=O) groups is 5. The number of carbonyl (C=O) groups excluding carboxylic acids is 5. The van der Waals surface area contributed by atoms with Crippen LogP contribution in [0.5, 0.6) is 0 Å². The molecule has 274 valence electrons. The Bertz CT molecular complexity index is 1820. The molecule has 12 heteroatoms. The van der Waals surface area contributed by atoms with Gasteiger partial charge in [0.1, 0.15) is 30.3 Å². The standard InChI is InChI=1S/C40H42O12/c1-24(41)47-23-39-29(49-34(43)26-15-9-6-10-16-26)21-22-38(5,46)40(39)32(48-25(2)42)30(37(3,4)52-40)31(50-35(44)27-17-11-7-12-18-27)33(39)51-36(45)28-19-13-8-14-20-28/h6-20,29-33,46H,21-23H2,1-5H3/t29-,30+,31-,32+,33+,38-,39-,40-/m0/s1. The minimum Gasteiger partial charge on any atom is -0.465 e. The Labute approximate surface area is 301 Å². The van der Waals surface area contributed by atoms with Crippen LogP contribution in [0.4, 0.5) is 0 Å². The predicted molar refractivity (Wildman–Crippen MR) is 183 cm³/mol. The number of esters is 5. The molecule has 3 aliphatic rings. The lowest BCUT2D eigenvalue weighted by Gasteiger charge is -2.65. The van der Waals surface area contributed by atoms with Gasteiger partial charge in [0.25, 0.3) is 0 Å². The summed E-state index contributed by atoms with van der Waals surface area (Å²) in [5.41, 5.74) is -6.90. The first-order valence-electron chi connectivity index (χ1n) is 17.2. The summed E-state index contributed by atoms with van der Waals surface area (Å²) >= 11 is 0. The van der Waals surface area contributed by atoms with E-state index in [1.54, 1.807) is 92.7 Å². The summed E-state index contributed by atoms with van der Waals surface area (Å²) in [6, 6.07) is 24.4. The number of fused-ring (bicyclic) bond motifs is 1. The zero-order valence-corrected chi connectivity index (χ0v) is 29.6. The summed E-state index contributed by atoms with van der Waals surface area (Å²) in [5.74, 6) is -4.98. The first kappa shape index (κ1) is 36.7. The van der Waals surface area contributed by atoms with E-state index in [1.165, 1.54) is 32.9 Å². The van der Waals surface area contributed by atoms with Gasteiger partial charge in [-0.05, 0) is 70.0 Å². The molecule has 6 rings (SSSR count). The minimum absolute atomic E-state index is 0.0457. The largest absolute Gasteiger partial charge is 0.465 e. The molecule has 1 heterocycles. The Balaban J connectivity index is 1.65. The molecule has 2 aliphatic carbocycles. The van der Waals surface area contributed by atoms with Gasteiger partial charge < -0.3 is 33.5 Å². The van der Waals surface area contributed by atoms with Gasteiger partial charge >= 0.3 is 29.8 Å². The molecule has 0 unspecified atom stereocenters. The normalized spacial score (nSPS) is 31.3. The highest BCUT2D eigenvalue weighted by Crippen LogP contribution is 2.69. The maximum Gasteiger partial charge on any atom is 0.338 e. The van der Waals surface area contributed by atoms with E-state index in [2.05, 4.69) is 0 Å². The molecule has 1 aliphatic heterocycles. The third-order valence-corrected chi connectivity index (χ3v) is 10.6. The highest BCUT2D eigenvalue weighted by Gasteiger charge is 2.87. The summed E-state index contributed by atoms with van der Waals surface area (Å²) in [7, 11) is 0. The number of aliphatic hydroxyl groups is 1. The molecule has 0 radical (unpaired) electrons. The zero-order valence-electron chi connectivity index (χ0n) is 29.6. The number of hydrogen-bond acceptors (Lipinski definition) is 12. The second kappa shape index (κ2) is 13.8. The fraction of sp³-hybridized carbons (Fsp3) is 0.425. The molecule has 8 atom stereocenters. The van der Waals surface area contributed by atoms with Crippen LogP contribution >= 0.6 is 0 Å². The van der Waals surface area contributed by atoms with Crippen molar-refractivity contribution in [2.45, 2.75) is 88.7 Å². The number of hydrogen-bond donors (Lipinski definition) is 1. The molecule has 3 fully saturated rings. The second-order valence-electron chi connectivity index (χ2n) is 14.3. The quantitative estimate of drug-likeness (QED) is 0.237. The fourth-order valence-corrected chi connectivity index (χ4v) is 8.58. The van der Waals surface area contributed by atoms with Gasteiger partial charge in [-0.1, -0.05) is 54.6 Å². The monoisotopic (exact) mass is 714 g/mol. The molecule has 2 saturated carbocycles. The predicted octanol–water partition coefficient (Wildman–Crippen LogP) is 4.87. The topological polar surface area (TPSA) is 161 Å². The Hall–Kier alpha value is -5.07. The van der Waals surface area contributed by atoms with Crippen LogP contribution in [-0.4, -0.2) is 82.8 Å². The van der Waals surface area contributed by atoms with E-state index in [0.29, 0.717) is 0 Å². The average Bonchev–Trinajstić information content (AvgIpc) is 3.31. The van der Waals surface area contributed by atoms with Crippen LogP contribution in [0.25, 0.3) is 0 Å². The van der Waals surface area contributed by atoms with E-state index < -0.39 is 89.0 Å². The van der Waals surface area contributed by atoms with Crippen LogP contribution in [0.1, 0.15) is 78.5 Å². The summed E-state index contributed by atoms with van der Waals surface area (Å²) in [6.07, 6.45) is -5.92. The molecule has 1 N–H and O–H groups in total. The van der Waals surface area contributed by atoms with Crippen molar-refractivity contribution in [3.05, 3.63) is 108 Å². The molecular formula is C40H42O12. The van der Waals surface area contributed by atoms with Gasteiger partial charge in [-0.2, -0.15) is 0 Å². The molecule has 3 aromatic rings. The van der Waals surface area contributed by atoms with Crippen molar-refractivity contribution in [3.63, 3.8) is 0 Å². The molecule has 52 heavy (non-hydrogen) atoms. The third-order valence-electron chi connectivity index (χ3n) is 10.6. The van der Waals surface area contributed by atoms with Crippen LogP contribution in [0, 0.1) is 11.3 Å². The number of ether oxygens (including phenoxy) is 6. The minimum atomic E-state index is -2.08. The van der Waals surface area contributed by atoms with Gasteiger partial charge in [0.15, 0.2) is 11.7 Å². The van der Waals surface area contributed by atoms with Crippen molar-refractivity contribution in [1.82, 2.24) is 0 Å². The van der Waals surface area contributed by atoms with Crippen LogP contribution in [0.3, 0.4) is 0 Å². The molecule has 0 aromatic heterocycles. The van der Waals surface area contributed by atoms with Crippen LogP contribution < -0.4 is 0 Å². The summed E-state index contributed by atoms with van der Waals surface area (Å²) in [4.78, 5) is 67.8. The number of benzene rings is 3. The molecule has 0 amide bonds. The van der Waals surface area contributed by atoms with Gasteiger partial charge in [-0.25, -0.2) is 14.4 Å². The van der Waals surface area contributed by atoms with Crippen LogP contribution in [-0.2, 0) is 38.0 Å². The summed E-state index contributed by atoms with van der Waals surface area (Å²) in [6.45, 7) is 6.54. The molecule has 1 saturated heterocycles. The lowest BCUT2D eigenvalue weighted by molar-refractivity contribution is -0.346.